The number of piperidine rings is 1. The molecular formula is C25H28N4O3S. The minimum absolute atomic E-state index is 0.0995. The molecule has 2 aromatic carbocycles. The van der Waals surface area contributed by atoms with Crippen molar-refractivity contribution in [1.82, 2.24) is 15.1 Å². The molecule has 1 fully saturated rings. The second-order valence-electron chi connectivity index (χ2n) is 8.10. The number of nitrogens with zero attached hydrogens (tertiary/aromatic N) is 3. The third-order valence-electron chi connectivity index (χ3n) is 6.05. The summed E-state index contributed by atoms with van der Waals surface area (Å²) in [4.78, 5) is 27.6. The van der Waals surface area contributed by atoms with Crippen molar-refractivity contribution in [3.05, 3.63) is 70.2 Å². The highest BCUT2D eigenvalue weighted by Gasteiger charge is 2.30. The fraction of sp³-hybridized carbons (Fsp3) is 0.360. The van der Waals surface area contributed by atoms with Gasteiger partial charge in [-0.1, -0.05) is 48.6 Å². The maximum absolute atomic E-state index is 13.1. The first-order chi connectivity index (χ1) is 16.1. The van der Waals surface area contributed by atoms with E-state index in [-0.39, 0.29) is 23.7 Å². The molecule has 1 atom stereocenters. The van der Waals surface area contributed by atoms with Crippen molar-refractivity contribution < 1.29 is 14.3 Å². The molecule has 0 saturated carbocycles. The summed E-state index contributed by atoms with van der Waals surface area (Å²) in [5.74, 6) is 0.762. The summed E-state index contributed by atoms with van der Waals surface area (Å²) in [5, 5.41) is 12.4. The molecule has 0 bridgehead atoms. The maximum atomic E-state index is 13.1. The molecule has 1 saturated heterocycles. The first-order valence-electron chi connectivity index (χ1n) is 11.2. The van der Waals surface area contributed by atoms with Crippen LogP contribution < -0.4 is 10.1 Å². The molecule has 8 heteroatoms. The second-order valence-corrected chi connectivity index (χ2v) is 9.11. The molecule has 33 heavy (non-hydrogen) atoms. The van der Waals surface area contributed by atoms with Crippen molar-refractivity contribution in [2.75, 3.05) is 25.5 Å². The highest BCUT2D eigenvalue weighted by Crippen LogP contribution is 2.32. The van der Waals surface area contributed by atoms with Crippen LogP contribution in [0.25, 0.3) is 0 Å². The molecule has 0 unspecified atom stereocenters. The molecule has 4 rings (SSSR count). The van der Waals surface area contributed by atoms with Gasteiger partial charge >= 0.3 is 0 Å². The standard InChI is InChI=1S/C25H28N4O3S/c1-3-21(17-7-5-4-6-8-17)25(31)29-15-13-18(14-16-29)23-27-28-24(33-23)22(30)26-19-9-11-20(32-2)12-10-19/h4-12,18,21H,3,13-16H2,1-2H3,(H,26,30)/t21-/m0/s1. The van der Waals surface area contributed by atoms with Crippen molar-refractivity contribution in [1.29, 1.82) is 0 Å². The molecule has 1 aromatic heterocycles. The molecule has 1 aliphatic heterocycles. The van der Waals surface area contributed by atoms with Crippen molar-refractivity contribution >= 4 is 28.8 Å². The maximum Gasteiger partial charge on any atom is 0.286 e. The van der Waals surface area contributed by atoms with E-state index in [0.717, 1.165) is 35.6 Å². The Labute approximate surface area is 197 Å². The number of rotatable bonds is 7. The van der Waals surface area contributed by atoms with Crippen LogP contribution in [0.4, 0.5) is 5.69 Å². The van der Waals surface area contributed by atoms with Gasteiger partial charge in [0.05, 0.1) is 13.0 Å². The smallest absolute Gasteiger partial charge is 0.286 e. The normalized spacial score (nSPS) is 15.2. The number of nitrogens with one attached hydrogen (secondary N) is 1. The molecule has 7 nitrogen and oxygen atoms in total. The fourth-order valence-corrected chi connectivity index (χ4v) is 5.06. The largest absolute Gasteiger partial charge is 0.497 e. The summed E-state index contributed by atoms with van der Waals surface area (Å²) in [7, 11) is 1.60. The SMILES string of the molecule is CC[C@H](C(=O)N1CCC(c2nnc(C(=O)Nc3ccc(OC)cc3)s2)CC1)c1ccccc1. The van der Waals surface area contributed by atoms with Gasteiger partial charge in [0.1, 0.15) is 10.8 Å². The van der Waals surface area contributed by atoms with Crippen molar-refractivity contribution in [2.45, 2.75) is 38.0 Å². The Kier molecular flexibility index (Phi) is 7.34. The molecule has 0 spiro atoms. The summed E-state index contributed by atoms with van der Waals surface area (Å²) >= 11 is 1.33. The number of likely N-dealkylation sites (tertiary alicyclic amines) is 1. The third-order valence-corrected chi connectivity index (χ3v) is 7.13. The molecule has 3 aromatic rings. The van der Waals surface area contributed by atoms with E-state index in [1.54, 1.807) is 31.4 Å². The number of hydrogen-bond donors (Lipinski definition) is 1. The number of aromatic nitrogens is 2. The summed E-state index contributed by atoms with van der Waals surface area (Å²) < 4.78 is 5.14. The Morgan fingerprint density at radius 2 is 1.79 bits per heavy atom. The van der Waals surface area contributed by atoms with Crippen LogP contribution in [0.3, 0.4) is 0 Å². The van der Waals surface area contributed by atoms with E-state index in [1.807, 2.05) is 35.2 Å². The van der Waals surface area contributed by atoms with Gasteiger partial charge in [-0.3, -0.25) is 9.59 Å². The van der Waals surface area contributed by atoms with Gasteiger partial charge in [-0.05, 0) is 49.1 Å². The summed E-state index contributed by atoms with van der Waals surface area (Å²) in [5.41, 5.74) is 1.75. The van der Waals surface area contributed by atoms with Crippen LogP contribution in [0.15, 0.2) is 54.6 Å². The highest BCUT2D eigenvalue weighted by molar-refractivity contribution is 7.13. The number of anilines is 1. The summed E-state index contributed by atoms with van der Waals surface area (Å²) in [6.45, 7) is 3.45. The van der Waals surface area contributed by atoms with Crippen molar-refractivity contribution in [3.8, 4) is 5.75 Å². The van der Waals surface area contributed by atoms with E-state index in [2.05, 4.69) is 22.4 Å². The number of methoxy groups -OCH3 is 1. The minimum Gasteiger partial charge on any atom is -0.497 e. The van der Waals surface area contributed by atoms with Crippen LogP contribution >= 0.6 is 11.3 Å². The Bertz CT molecular complexity index is 1080. The lowest BCUT2D eigenvalue weighted by molar-refractivity contribution is -0.134. The lowest BCUT2D eigenvalue weighted by Crippen LogP contribution is -2.40. The van der Waals surface area contributed by atoms with Gasteiger partial charge < -0.3 is 15.0 Å². The zero-order chi connectivity index (χ0) is 23.2. The van der Waals surface area contributed by atoms with Gasteiger partial charge in [-0.15, -0.1) is 10.2 Å². The van der Waals surface area contributed by atoms with E-state index in [9.17, 15) is 9.59 Å². The van der Waals surface area contributed by atoms with Crippen molar-refractivity contribution in [2.24, 2.45) is 0 Å². The van der Waals surface area contributed by atoms with Gasteiger partial charge in [0, 0.05) is 24.7 Å². The van der Waals surface area contributed by atoms with Gasteiger partial charge in [0.25, 0.3) is 5.91 Å². The minimum atomic E-state index is -0.273. The fourth-order valence-electron chi connectivity index (χ4n) is 4.16. The summed E-state index contributed by atoms with van der Waals surface area (Å²) in [6.07, 6.45) is 2.43. The Morgan fingerprint density at radius 1 is 1.09 bits per heavy atom. The Morgan fingerprint density at radius 3 is 2.42 bits per heavy atom. The predicted molar refractivity (Wildman–Crippen MR) is 129 cm³/mol. The van der Waals surface area contributed by atoms with Crippen LogP contribution in [0, 0.1) is 0 Å². The molecule has 0 aliphatic carbocycles. The summed E-state index contributed by atoms with van der Waals surface area (Å²) in [6, 6.07) is 17.1. The quantitative estimate of drug-likeness (QED) is 0.548. The number of carbonyl (C=O) groups is 2. The van der Waals surface area contributed by atoms with Gasteiger partial charge in [-0.2, -0.15) is 0 Å². The van der Waals surface area contributed by atoms with E-state index in [1.165, 1.54) is 11.3 Å². The van der Waals surface area contributed by atoms with Crippen LogP contribution in [0.5, 0.6) is 5.75 Å². The van der Waals surface area contributed by atoms with E-state index in [4.69, 9.17) is 4.74 Å². The molecule has 2 amide bonds. The van der Waals surface area contributed by atoms with E-state index in [0.29, 0.717) is 23.8 Å². The third kappa shape index (κ3) is 5.39. The van der Waals surface area contributed by atoms with Crippen molar-refractivity contribution in [3.63, 3.8) is 0 Å². The number of amides is 2. The van der Waals surface area contributed by atoms with E-state index < -0.39 is 0 Å². The predicted octanol–water partition coefficient (Wildman–Crippen LogP) is 4.70. The van der Waals surface area contributed by atoms with Gasteiger partial charge in [0.2, 0.25) is 10.9 Å². The zero-order valence-corrected chi connectivity index (χ0v) is 19.7. The first-order valence-corrected chi connectivity index (χ1v) is 12.0. The zero-order valence-electron chi connectivity index (χ0n) is 18.9. The highest BCUT2D eigenvalue weighted by atomic mass is 32.1. The number of hydrogen-bond acceptors (Lipinski definition) is 6. The Balaban J connectivity index is 1.33. The number of benzene rings is 2. The van der Waals surface area contributed by atoms with Crippen LogP contribution in [0.2, 0.25) is 0 Å². The molecule has 172 valence electrons. The van der Waals surface area contributed by atoms with Crippen LogP contribution in [-0.2, 0) is 4.79 Å². The number of carbonyl (C=O) groups excluding carboxylic acids is 2. The van der Waals surface area contributed by atoms with Gasteiger partial charge in [0.15, 0.2) is 0 Å². The topological polar surface area (TPSA) is 84.4 Å². The van der Waals surface area contributed by atoms with E-state index >= 15 is 0 Å². The second kappa shape index (κ2) is 10.6. The molecular weight excluding hydrogens is 436 g/mol. The number of ether oxygens (including phenoxy) is 1. The van der Waals surface area contributed by atoms with Crippen LogP contribution in [0.1, 0.15) is 58.4 Å². The monoisotopic (exact) mass is 464 g/mol. The average Bonchev–Trinajstić information content (AvgIpc) is 3.36. The average molecular weight is 465 g/mol. The molecule has 1 aliphatic rings. The van der Waals surface area contributed by atoms with Crippen LogP contribution in [-0.4, -0.2) is 47.1 Å². The Hall–Kier alpha value is -3.26. The molecule has 0 radical (unpaired) electrons. The lowest BCUT2D eigenvalue weighted by Gasteiger charge is -2.33. The van der Waals surface area contributed by atoms with Gasteiger partial charge in [-0.25, -0.2) is 0 Å². The molecule has 1 N–H and O–H groups in total. The lowest BCUT2D eigenvalue weighted by atomic mass is 9.92. The first kappa shape index (κ1) is 22.9. The molecule has 2 heterocycles.